The van der Waals surface area contributed by atoms with Crippen molar-refractivity contribution in [2.75, 3.05) is 29.9 Å². The van der Waals surface area contributed by atoms with Crippen molar-refractivity contribution in [3.8, 4) is 0 Å². The molecule has 1 heterocycles. The lowest BCUT2D eigenvalue weighted by Gasteiger charge is -2.22. The molecule has 0 unspecified atom stereocenters. The highest BCUT2D eigenvalue weighted by Gasteiger charge is 2.36. The third-order valence-electron chi connectivity index (χ3n) is 4.66. The number of imide groups is 1. The number of rotatable bonds is 7. The number of nitrogens with zero attached hydrogens (tertiary/aromatic N) is 2. The van der Waals surface area contributed by atoms with Gasteiger partial charge in [-0.25, -0.2) is 4.39 Å². The molecule has 0 atom stereocenters. The fourth-order valence-electron chi connectivity index (χ4n) is 3.13. The van der Waals surface area contributed by atoms with Gasteiger partial charge < -0.3 is 10.2 Å². The zero-order valence-corrected chi connectivity index (χ0v) is 19.4. The van der Waals surface area contributed by atoms with Crippen molar-refractivity contribution in [3.05, 3.63) is 63.2 Å². The van der Waals surface area contributed by atoms with Gasteiger partial charge in [0.2, 0.25) is 5.91 Å². The Bertz CT molecular complexity index is 1060. The van der Waals surface area contributed by atoms with Crippen molar-refractivity contribution in [1.82, 2.24) is 4.90 Å². The largest absolute Gasteiger partial charge is 0.371 e. The van der Waals surface area contributed by atoms with Gasteiger partial charge in [-0.2, -0.15) is 0 Å². The van der Waals surface area contributed by atoms with Gasteiger partial charge in [0.05, 0.1) is 10.6 Å². The zero-order chi connectivity index (χ0) is 22.5. The van der Waals surface area contributed by atoms with E-state index in [-0.39, 0.29) is 10.6 Å². The molecule has 2 aromatic rings. The molecule has 0 aliphatic carbocycles. The predicted octanol–water partition coefficient (Wildman–Crippen LogP) is 5.11. The number of hydrogen-bond acceptors (Lipinski definition) is 5. The molecule has 0 saturated carbocycles. The molecule has 6 nitrogen and oxygen atoms in total. The lowest BCUT2D eigenvalue weighted by atomic mass is 10.1. The summed E-state index contributed by atoms with van der Waals surface area (Å²) >= 11 is 4.35. The molecule has 1 N–H and O–H groups in total. The first kappa shape index (κ1) is 23.0. The van der Waals surface area contributed by atoms with Crippen LogP contribution in [0, 0.1) is 5.82 Å². The van der Waals surface area contributed by atoms with E-state index < -0.39 is 29.4 Å². The summed E-state index contributed by atoms with van der Waals surface area (Å²) in [6.45, 7) is 5.44. The van der Waals surface area contributed by atoms with Crippen LogP contribution < -0.4 is 10.2 Å². The molecule has 2 aromatic carbocycles. The number of thioether (sulfide) groups is 1. The second-order valence-electron chi connectivity index (χ2n) is 6.71. The number of hydrogen-bond donors (Lipinski definition) is 1. The van der Waals surface area contributed by atoms with Crippen LogP contribution in [0.2, 0.25) is 0 Å². The van der Waals surface area contributed by atoms with Crippen molar-refractivity contribution in [1.29, 1.82) is 0 Å². The standard InChI is InChI=1S/C22H21BrFN3O3S/c1-3-26(4-2)18-9-8-14(10-17(18)23)11-19-21(29)27(22(30)31-19)13-20(28)25-16-7-5-6-15(24)12-16/h5-12H,3-4,13H2,1-2H3,(H,25,28)/b19-11+. The lowest BCUT2D eigenvalue weighted by Crippen LogP contribution is -2.36. The first-order valence-electron chi connectivity index (χ1n) is 9.67. The lowest BCUT2D eigenvalue weighted by molar-refractivity contribution is -0.127. The van der Waals surface area contributed by atoms with Gasteiger partial charge in [0.1, 0.15) is 12.4 Å². The maximum Gasteiger partial charge on any atom is 0.294 e. The smallest absolute Gasteiger partial charge is 0.294 e. The number of amides is 3. The van der Waals surface area contributed by atoms with Crippen LogP contribution in [0.5, 0.6) is 0 Å². The quantitative estimate of drug-likeness (QED) is 0.529. The molecule has 9 heteroatoms. The zero-order valence-electron chi connectivity index (χ0n) is 17.0. The van der Waals surface area contributed by atoms with Gasteiger partial charge >= 0.3 is 0 Å². The number of halogens is 2. The third-order valence-corrected chi connectivity index (χ3v) is 6.20. The fraction of sp³-hybridized carbons (Fsp3) is 0.227. The molecule has 0 bridgehead atoms. The summed E-state index contributed by atoms with van der Waals surface area (Å²) in [5.74, 6) is -1.61. The Labute approximate surface area is 192 Å². The fourth-order valence-corrected chi connectivity index (χ4v) is 4.62. The Balaban J connectivity index is 1.71. The average molecular weight is 506 g/mol. The van der Waals surface area contributed by atoms with Gasteiger partial charge in [0.15, 0.2) is 0 Å². The van der Waals surface area contributed by atoms with E-state index >= 15 is 0 Å². The monoisotopic (exact) mass is 505 g/mol. The minimum absolute atomic E-state index is 0.242. The summed E-state index contributed by atoms with van der Waals surface area (Å²) in [5.41, 5.74) is 2.06. The predicted molar refractivity (Wildman–Crippen MR) is 125 cm³/mol. The Morgan fingerprint density at radius 1 is 1.19 bits per heavy atom. The van der Waals surface area contributed by atoms with E-state index in [0.29, 0.717) is 0 Å². The van der Waals surface area contributed by atoms with Gasteiger partial charge in [-0.15, -0.1) is 0 Å². The van der Waals surface area contributed by atoms with Crippen LogP contribution >= 0.6 is 27.7 Å². The highest BCUT2D eigenvalue weighted by molar-refractivity contribution is 9.10. The van der Waals surface area contributed by atoms with Crippen LogP contribution in [0.4, 0.5) is 20.6 Å². The Kier molecular flexibility index (Phi) is 7.50. The summed E-state index contributed by atoms with van der Waals surface area (Å²) in [5, 5.41) is 1.96. The summed E-state index contributed by atoms with van der Waals surface area (Å²) in [7, 11) is 0. The number of carbonyl (C=O) groups is 3. The topological polar surface area (TPSA) is 69.7 Å². The van der Waals surface area contributed by atoms with E-state index in [4.69, 9.17) is 0 Å². The maximum absolute atomic E-state index is 13.3. The van der Waals surface area contributed by atoms with Crippen LogP contribution in [0.1, 0.15) is 19.4 Å². The molecule has 0 aromatic heterocycles. The Hall–Kier alpha value is -2.65. The molecule has 3 rings (SSSR count). The van der Waals surface area contributed by atoms with E-state index in [1.54, 1.807) is 6.08 Å². The van der Waals surface area contributed by atoms with Crippen LogP contribution in [0.3, 0.4) is 0 Å². The van der Waals surface area contributed by atoms with Crippen molar-refractivity contribution in [2.24, 2.45) is 0 Å². The summed E-state index contributed by atoms with van der Waals surface area (Å²) < 4.78 is 14.1. The maximum atomic E-state index is 13.3. The van der Waals surface area contributed by atoms with Crippen molar-refractivity contribution in [2.45, 2.75) is 13.8 Å². The first-order valence-corrected chi connectivity index (χ1v) is 11.3. The number of nitrogens with one attached hydrogen (secondary N) is 1. The highest BCUT2D eigenvalue weighted by Crippen LogP contribution is 2.34. The molecule has 3 amide bonds. The van der Waals surface area contributed by atoms with E-state index in [1.165, 1.54) is 18.2 Å². The van der Waals surface area contributed by atoms with Crippen LogP contribution in [-0.2, 0) is 9.59 Å². The highest BCUT2D eigenvalue weighted by atomic mass is 79.9. The third kappa shape index (κ3) is 5.54. The molecule has 162 valence electrons. The summed E-state index contributed by atoms with van der Waals surface area (Å²) in [6.07, 6.45) is 1.63. The van der Waals surface area contributed by atoms with Gasteiger partial charge in [-0.1, -0.05) is 12.1 Å². The van der Waals surface area contributed by atoms with Crippen LogP contribution in [-0.4, -0.2) is 41.6 Å². The number of benzene rings is 2. The Morgan fingerprint density at radius 3 is 2.58 bits per heavy atom. The van der Waals surface area contributed by atoms with E-state index in [1.807, 2.05) is 18.2 Å². The normalized spacial score (nSPS) is 15.0. The molecule has 1 aliphatic rings. The first-order chi connectivity index (χ1) is 14.8. The second kappa shape index (κ2) is 10.1. The molecule has 1 aliphatic heterocycles. The van der Waals surface area contributed by atoms with Crippen molar-refractivity contribution < 1.29 is 18.8 Å². The molecular formula is C22H21BrFN3O3S. The molecule has 0 spiro atoms. The SMILES string of the molecule is CCN(CC)c1ccc(/C=C2/SC(=O)N(CC(=O)Nc3cccc(F)c3)C2=O)cc1Br. The minimum atomic E-state index is -0.583. The van der Waals surface area contributed by atoms with Crippen molar-refractivity contribution in [3.63, 3.8) is 0 Å². The van der Waals surface area contributed by atoms with Crippen LogP contribution in [0.25, 0.3) is 6.08 Å². The molecular weight excluding hydrogens is 485 g/mol. The Morgan fingerprint density at radius 2 is 1.94 bits per heavy atom. The molecule has 31 heavy (non-hydrogen) atoms. The second-order valence-corrected chi connectivity index (χ2v) is 8.56. The van der Waals surface area contributed by atoms with Crippen LogP contribution in [0.15, 0.2) is 51.8 Å². The minimum Gasteiger partial charge on any atom is -0.371 e. The van der Waals surface area contributed by atoms with E-state index in [2.05, 4.69) is 40.0 Å². The van der Waals surface area contributed by atoms with Gasteiger partial charge in [0.25, 0.3) is 11.1 Å². The van der Waals surface area contributed by atoms with E-state index in [0.717, 1.165) is 51.5 Å². The summed E-state index contributed by atoms with van der Waals surface area (Å²) in [4.78, 5) is 40.5. The molecule has 0 radical (unpaired) electrons. The van der Waals surface area contributed by atoms with Crippen molar-refractivity contribution >= 4 is 62.2 Å². The number of anilines is 2. The van der Waals surface area contributed by atoms with Gasteiger partial charge in [-0.3, -0.25) is 19.3 Å². The molecule has 1 saturated heterocycles. The van der Waals surface area contributed by atoms with Gasteiger partial charge in [0, 0.05) is 23.2 Å². The van der Waals surface area contributed by atoms with Gasteiger partial charge in [-0.05, 0) is 83.5 Å². The van der Waals surface area contributed by atoms with E-state index in [9.17, 15) is 18.8 Å². The molecule has 1 fully saturated rings. The average Bonchev–Trinajstić information content (AvgIpc) is 2.97. The number of carbonyl (C=O) groups excluding carboxylic acids is 3. The summed E-state index contributed by atoms with van der Waals surface area (Å²) in [6, 6.07) is 11.1.